The van der Waals surface area contributed by atoms with Gasteiger partial charge in [-0.1, -0.05) is 15.9 Å². The first-order chi connectivity index (χ1) is 11.0. The lowest BCUT2D eigenvalue weighted by Gasteiger charge is -2.23. The molecule has 0 aromatic heterocycles. The van der Waals surface area contributed by atoms with Crippen molar-refractivity contribution < 1.29 is 19.0 Å². The Morgan fingerprint density at radius 3 is 2.74 bits per heavy atom. The van der Waals surface area contributed by atoms with Crippen LogP contribution in [0.15, 0.2) is 46.9 Å². The van der Waals surface area contributed by atoms with E-state index in [1.807, 2.05) is 12.1 Å². The number of rotatable bonds is 2. The molecule has 0 bridgehead atoms. The highest BCUT2D eigenvalue weighted by Crippen LogP contribution is 2.34. The topological polar surface area (TPSA) is 58.6 Å². The molecule has 6 heteroatoms. The second-order valence-electron chi connectivity index (χ2n) is 5.34. The van der Waals surface area contributed by atoms with Crippen molar-refractivity contribution >= 4 is 21.8 Å². The number of aliphatic hydroxyl groups excluding tert-OH is 1. The van der Waals surface area contributed by atoms with E-state index in [9.17, 15) is 14.3 Å². The normalized spacial score (nSPS) is 20.1. The van der Waals surface area contributed by atoms with Gasteiger partial charge in [0.15, 0.2) is 0 Å². The van der Waals surface area contributed by atoms with E-state index < -0.39 is 18.0 Å². The minimum absolute atomic E-state index is 0.334. The largest absolute Gasteiger partial charge is 0.493 e. The first-order valence-electron chi connectivity index (χ1n) is 7.21. The average molecular weight is 380 g/mol. The molecule has 1 amide bonds. The molecule has 1 aliphatic rings. The van der Waals surface area contributed by atoms with Crippen molar-refractivity contribution in [2.75, 3.05) is 6.61 Å². The summed E-state index contributed by atoms with van der Waals surface area (Å²) in [4.78, 5) is 12.4. The smallest absolute Gasteiger partial charge is 0.251 e. The molecule has 2 aromatic rings. The number of aliphatic hydroxyl groups is 1. The molecule has 0 fully saturated rings. The minimum Gasteiger partial charge on any atom is -0.493 e. The van der Waals surface area contributed by atoms with Crippen LogP contribution < -0.4 is 10.1 Å². The zero-order valence-electron chi connectivity index (χ0n) is 12.1. The molecule has 3 rings (SSSR count). The summed E-state index contributed by atoms with van der Waals surface area (Å²) < 4.78 is 19.4. The third-order valence-corrected chi connectivity index (χ3v) is 4.25. The first-order valence-corrected chi connectivity index (χ1v) is 8.00. The molecule has 0 saturated carbocycles. The molecular formula is C17H15BrFNO3. The molecule has 2 atom stereocenters. The van der Waals surface area contributed by atoms with E-state index >= 15 is 0 Å². The Hall–Kier alpha value is -1.92. The second kappa shape index (κ2) is 6.68. The number of halogens is 2. The summed E-state index contributed by atoms with van der Waals surface area (Å²) in [5.74, 6) is -0.144. The SMILES string of the molecule is O=C(NC1c2cc(Br)ccc2OCCC1O)c1ccc(F)cc1. The van der Waals surface area contributed by atoms with Crippen LogP contribution in [-0.2, 0) is 0 Å². The maximum Gasteiger partial charge on any atom is 0.251 e. The second-order valence-corrected chi connectivity index (χ2v) is 6.26. The van der Waals surface area contributed by atoms with Crippen LogP contribution in [-0.4, -0.2) is 23.7 Å². The monoisotopic (exact) mass is 379 g/mol. The molecule has 2 aromatic carbocycles. The maximum atomic E-state index is 13.0. The Labute approximate surface area is 141 Å². The van der Waals surface area contributed by atoms with Crippen LogP contribution in [0.25, 0.3) is 0 Å². The number of amides is 1. The Morgan fingerprint density at radius 1 is 1.26 bits per heavy atom. The maximum absolute atomic E-state index is 13.0. The van der Waals surface area contributed by atoms with Gasteiger partial charge in [-0.3, -0.25) is 4.79 Å². The van der Waals surface area contributed by atoms with E-state index in [4.69, 9.17) is 4.74 Å². The van der Waals surface area contributed by atoms with Crippen molar-refractivity contribution in [2.24, 2.45) is 0 Å². The fraction of sp³-hybridized carbons (Fsp3) is 0.235. The van der Waals surface area contributed by atoms with E-state index in [0.717, 1.165) is 4.47 Å². The van der Waals surface area contributed by atoms with Gasteiger partial charge in [0.25, 0.3) is 5.91 Å². The van der Waals surface area contributed by atoms with E-state index in [0.29, 0.717) is 29.9 Å². The van der Waals surface area contributed by atoms with Crippen molar-refractivity contribution in [3.05, 3.63) is 63.9 Å². The van der Waals surface area contributed by atoms with Crippen LogP contribution in [0.4, 0.5) is 4.39 Å². The third-order valence-electron chi connectivity index (χ3n) is 3.76. The summed E-state index contributed by atoms with van der Waals surface area (Å²) in [5, 5.41) is 13.2. The van der Waals surface area contributed by atoms with Gasteiger partial charge in [0.1, 0.15) is 11.6 Å². The quantitative estimate of drug-likeness (QED) is 0.842. The third kappa shape index (κ3) is 3.54. The van der Waals surface area contributed by atoms with Gasteiger partial charge in [0.2, 0.25) is 0 Å². The van der Waals surface area contributed by atoms with Gasteiger partial charge in [0, 0.05) is 22.0 Å². The fourth-order valence-electron chi connectivity index (χ4n) is 2.56. The van der Waals surface area contributed by atoms with Crippen LogP contribution >= 0.6 is 15.9 Å². The number of carbonyl (C=O) groups is 1. The number of benzene rings is 2. The predicted octanol–water partition coefficient (Wildman–Crippen LogP) is 3.20. The van der Waals surface area contributed by atoms with Crippen molar-refractivity contribution in [3.63, 3.8) is 0 Å². The van der Waals surface area contributed by atoms with Gasteiger partial charge in [-0.15, -0.1) is 0 Å². The molecular weight excluding hydrogens is 365 g/mol. The van der Waals surface area contributed by atoms with Crippen molar-refractivity contribution in [3.8, 4) is 5.75 Å². The van der Waals surface area contributed by atoms with Crippen LogP contribution in [0.2, 0.25) is 0 Å². The first kappa shape index (κ1) is 16.0. The zero-order chi connectivity index (χ0) is 16.4. The Kier molecular flexibility index (Phi) is 4.63. The van der Waals surface area contributed by atoms with Crippen LogP contribution in [0, 0.1) is 5.82 Å². The zero-order valence-corrected chi connectivity index (χ0v) is 13.7. The summed E-state index contributed by atoms with van der Waals surface area (Å²) in [6.45, 7) is 0.374. The standard InChI is InChI=1S/C17H15BrFNO3/c18-11-3-6-15-13(9-11)16(14(21)7-8-23-15)20-17(22)10-1-4-12(19)5-2-10/h1-6,9,14,16,21H,7-8H2,(H,20,22). The lowest BCUT2D eigenvalue weighted by molar-refractivity contribution is 0.0805. The summed E-state index contributed by atoms with van der Waals surface area (Å²) in [6, 6.07) is 10.1. The highest BCUT2D eigenvalue weighted by atomic mass is 79.9. The Balaban J connectivity index is 1.89. The molecule has 0 spiro atoms. The van der Waals surface area contributed by atoms with E-state index in [2.05, 4.69) is 21.2 Å². The summed E-state index contributed by atoms with van der Waals surface area (Å²) in [7, 11) is 0. The van der Waals surface area contributed by atoms with E-state index in [1.165, 1.54) is 24.3 Å². The lowest BCUT2D eigenvalue weighted by Crippen LogP contribution is -2.36. The molecule has 2 unspecified atom stereocenters. The molecule has 0 radical (unpaired) electrons. The summed E-state index contributed by atoms with van der Waals surface area (Å²) in [5.41, 5.74) is 1.04. The number of nitrogens with one attached hydrogen (secondary N) is 1. The fourth-order valence-corrected chi connectivity index (χ4v) is 2.94. The molecule has 0 saturated heterocycles. The average Bonchev–Trinajstić information content (AvgIpc) is 2.68. The van der Waals surface area contributed by atoms with Gasteiger partial charge in [-0.2, -0.15) is 0 Å². The number of hydrogen-bond donors (Lipinski definition) is 2. The van der Waals surface area contributed by atoms with Crippen molar-refractivity contribution in [1.82, 2.24) is 5.32 Å². The summed E-state index contributed by atoms with van der Waals surface area (Å²) in [6.07, 6.45) is -0.365. The summed E-state index contributed by atoms with van der Waals surface area (Å²) >= 11 is 3.39. The van der Waals surface area contributed by atoms with Crippen molar-refractivity contribution in [2.45, 2.75) is 18.6 Å². The predicted molar refractivity (Wildman–Crippen MR) is 86.9 cm³/mol. The van der Waals surface area contributed by atoms with Gasteiger partial charge >= 0.3 is 0 Å². The molecule has 120 valence electrons. The molecule has 4 nitrogen and oxygen atoms in total. The van der Waals surface area contributed by atoms with Gasteiger partial charge in [-0.25, -0.2) is 4.39 Å². The number of carbonyl (C=O) groups excluding carboxylic acids is 1. The molecule has 1 heterocycles. The van der Waals surface area contributed by atoms with Gasteiger partial charge in [-0.05, 0) is 42.5 Å². The Morgan fingerprint density at radius 2 is 2.00 bits per heavy atom. The van der Waals surface area contributed by atoms with Gasteiger partial charge in [0.05, 0.1) is 18.8 Å². The Bertz CT molecular complexity index is 720. The van der Waals surface area contributed by atoms with Crippen LogP contribution in [0.5, 0.6) is 5.75 Å². The highest BCUT2D eigenvalue weighted by Gasteiger charge is 2.29. The van der Waals surface area contributed by atoms with E-state index in [-0.39, 0.29) is 5.91 Å². The van der Waals surface area contributed by atoms with Crippen LogP contribution in [0.3, 0.4) is 0 Å². The highest BCUT2D eigenvalue weighted by molar-refractivity contribution is 9.10. The number of fused-ring (bicyclic) bond motifs is 1. The molecule has 2 N–H and O–H groups in total. The molecule has 0 aliphatic carbocycles. The van der Waals surface area contributed by atoms with Crippen molar-refractivity contribution in [1.29, 1.82) is 0 Å². The number of ether oxygens (including phenoxy) is 1. The molecule has 1 aliphatic heterocycles. The lowest BCUT2D eigenvalue weighted by atomic mass is 9.99. The minimum atomic E-state index is -0.769. The number of hydrogen-bond acceptors (Lipinski definition) is 3. The van der Waals surface area contributed by atoms with Crippen LogP contribution in [0.1, 0.15) is 28.4 Å². The molecule has 23 heavy (non-hydrogen) atoms. The van der Waals surface area contributed by atoms with Gasteiger partial charge < -0.3 is 15.2 Å². The van der Waals surface area contributed by atoms with E-state index in [1.54, 1.807) is 6.07 Å².